The predicted octanol–water partition coefficient (Wildman–Crippen LogP) is 4.28. The molecule has 4 nitrogen and oxygen atoms in total. The fourth-order valence-electron chi connectivity index (χ4n) is 1.97. The molecule has 0 aliphatic rings. The van der Waals surface area contributed by atoms with Crippen molar-refractivity contribution in [2.75, 3.05) is 18.5 Å². The summed E-state index contributed by atoms with van der Waals surface area (Å²) >= 11 is 0. The molecule has 0 aliphatic carbocycles. The van der Waals surface area contributed by atoms with Crippen molar-refractivity contribution in [3.05, 3.63) is 12.4 Å². The largest absolute Gasteiger partial charge is 0.478 e. The average molecular weight is 279 g/mol. The zero-order valence-corrected chi connectivity index (χ0v) is 13.2. The second-order valence-electron chi connectivity index (χ2n) is 5.61. The molecule has 0 unspecified atom stereocenters. The molecule has 0 amide bonds. The van der Waals surface area contributed by atoms with Crippen LogP contribution in [0.5, 0.6) is 5.88 Å². The summed E-state index contributed by atoms with van der Waals surface area (Å²) in [4.78, 5) is 8.29. The van der Waals surface area contributed by atoms with E-state index >= 15 is 0 Å². The third-order valence-electron chi connectivity index (χ3n) is 3.11. The molecule has 1 aromatic rings. The van der Waals surface area contributed by atoms with Crippen LogP contribution in [0, 0.1) is 5.92 Å². The molecule has 0 spiro atoms. The van der Waals surface area contributed by atoms with E-state index in [9.17, 15) is 0 Å². The molecule has 0 bridgehead atoms. The normalized spacial score (nSPS) is 10.8. The lowest BCUT2D eigenvalue weighted by molar-refractivity contribution is 0.305. The van der Waals surface area contributed by atoms with Crippen molar-refractivity contribution in [1.82, 2.24) is 9.97 Å². The van der Waals surface area contributed by atoms with Crippen molar-refractivity contribution < 1.29 is 4.74 Å². The van der Waals surface area contributed by atoms with Gasteiger partial charge < -0.3 is 10.1 Å². The maximum Gasteiger partial charge on any atom is 0.218 e. The number of nitrogens with one attached hydrogen (secondary N) is 1. The van der Waals surface area contributed by atoms with E-state index in [2.05, 4.69) is 36.1 Å². The van der Waals surface area contributed by atoms with Gasteiger partial charge in [-0.1, -0.05) is 46.5 Å². The summed E-state index contributed by atoms with van der Waals surface area (Å²) < 4.78 is 5.49. The first kappa shape index (κ1) is 16.7. The molecule has 0 saturated carbocycles. The topological polar surface area (TPSA) is 47.0 Å². The highest BCUT2D eigenvalue weighted by atomic mass is 16.5. The van der Waals surface area contributed by atoms with Gasteiger partial charge >= 0.3 is 0 Å². The molecule has 114 valence electrons. The van der Waals surface area contributed by atoms with Gasteiger partial charge in [0.05, 0.1) is 6.61 Å². The number of ether oxygens (including phenoxy) is 1. The van der Waals surface area contributed by atoms with Crippen LogP contribution in [-0.4, -0.2) is 23.1 Å². The Morgan fingerprint density at radius 3 is 2.70 bits per heavy atom. The number of unbranched alkanes of at least 4 members (excludes halogenated alkanes) is 3. The molecule has 1 rings (SSSR count). The number of rotatable bonds is 11. The fourth-order valence-corrected chi connectivity index (χ4v) is 1.97. The molecule has 0 fully saturated rings. The third kappa shape index (κ3) is 7.97. The Morgan fingerprint density at radius 1 is 1.15 bits per heavy atom. The maximum absolute atomic E-state index is 5.49. The van der Waals surface area contributed by atoms with E-state index in [-0.39, 0.29) is 0 Å². The van der Waals surface area contributed by atoms with E-state index in [0.717, 1.165) is 24.7 Å². The Bertz CT molecular complexity index is 355. The van der Waals surface area contributed by atoms with Gasteiger partial charge in [-0.15, -0.1) is 0 Å². The molecule has 0 aliphatic heterocycles. The Labute approximate surface area is 123 Å². The van der Waals surface area contributed by atoms with Crippen LogP contribution >= 0.6 is 0 Å². The number of hydrogen-bond donors (Lipinski definition) is 1. The minimum absolute atomic E-state index is 0.654. The summed E-state index contributed by atoms with van der Waals surface area (Å²) in [6, 6.07) is 1.87. The zero-order valence-electron chi connectivity index (χ0n) is 13.2. The van der Waals surface area contributed by atoms with Gasteiger partial charge in [0.2, 0.25) is 5.88 Å². The van der Waals surface area contributed by atoms with E-state index in [4.69, 9.17) is 4.74 Å². The fraction of sp³-hybridized carbons (Fsp3) is 0.750. The van der Waals surface area contributed by atoms with Crippen LogP contribution in [0.4, 0.5) is 5.82 Å². The van der Waals surface area contributed by atoms with Gasteiger partial charge in [0.1, 0.15) is 12.1 Å². The van der Waals surface area contributed by atoms with Crippen molar-refractivity contribution in [3.8, 4) is 5.88 Å². The van der Waals surface area contributed by atoms with Crippen molar-refractivity contribution in [2.45, 2.75) is 59.3 Å². The number of hydrogen-bond acceptors (Lipinski definition) is 4. The monoisotopic (exact) mass is 279 g/mol. The lowest BCUT2D eigenvalue weighted by atomic mass is 10.0. The molecule has 1 aromatic heterocycles. The Hall–Kier alpha value is -1.32. The average Bonchev–Trinajstić information content (AvgIpc) is 2.44. The minimum atomic E-state index is 0.654. The molecule has 0 atom stereocenters. The maximum atomic E-state index is 5.49. The van der Waals surface area contributed by atoms with Gasteiger partial charge in [-0.3, -0.25) is 0 Å². The Morgan fingerprint density at radius 2 is 1.95 bits per heavy atom. The molecule has 0 saturated heterocycles. The molecule has 1 heterocycles. The Kier molecular flexibility index (Phi) is 8.76. The van der Waals surface area contributed by atoms with Crippen LogP contribution in [0.1, 0.15) is 59.3 Å². The first-order valence-corrected chi connectivity index (χ1v) is 7.91. The van der Waals surface area contributed by atoms with Gasteiger partial charge in [0.15, 0.2) is 0 Å². The second-order valence-corrected chi connectivity index (χ2v) is 5.61. The lowest BCUT2D eigenvalue weighted by Gasteiger charge is -2.08. The summed E-state index contributed by atoms with van der Waals surface area (Å²) in [6.07, 6.45) is 9.03. The van der Waals surface area contributed by atoms with Crippen LogP contribution in [0.2, 0.25) is 0 Å². The van der Waals surface area contributed by atoms with Gasteiger partial charge in [-0.25, -0.2) is 9.97 Å². The van der Waals surface area contributed by atoms with E-state index in [1.807, 2.05) is 6.07 Å². The van der Waals surface area contributed by atoms with E-state index in [1.165, 1.54) is 32.1 Å². The zero-order chi connectivity index (χ0) is 14.6. The van der Waals surface area contributed by atoms with Crippen LogP contribution in [0.3, 0.4) is 0 Å². The molecule has 4 heteroatoms. The van der Waals surface area contributed by atoms with Crippen molar-refractivity contribution >= 4 is 5.82 Å². The standard InChI is InChI=1S/C16H29N3O/c1-4-11-20-16-12-15(18-13-19-16)17-10-8-6-5-7-9-14(2)3/h12-14H,4-11H2,1-3H3,(H,17,18,19). The Balaban J connectivity index is 2.12. The molecule has 20 heavy (non-hydrogen) atoms. The molecule has 1 N–H and O–H groups in total. The predicted molar refractivity (Wildman–Crippen MR) is 84.2 cm³/mol. The number of aromatic nitrogens is 2. The summed E-state index contributed by atoms with van der Waals surface area (Å²) in [5.74, 6) is 2.34. The van der Waals surface area contributed by atoms with Gasteiger partial charge in [-0.05, 0) is 18.8 Å². The minimum Gasteiger partial charge on any atom is -0.478 e. The van der Waals surface area contributed by atoms with Crippen molar-refractivity contribution in [2.24, 2.45) is 5.92 Å². The summed E-state index contributed by atoms with van der Waals surface area (Å²) in [6.45, 7) is 8.32. The van der Waals surface area contributed by atoms with E-state index < -0.39 is 0 Å². The van der Waals surface area contributed by atoms with Crippen LogP contribution in [-0.2, 0) is 0 Å². The van der Waals surface area contributed by atoms with Crippen LogP contribution in [0.15, 0.2) is 12.4 Å². The first-order chi connectivity index (χ1) is 9.72. The smallest absolute Gasteiger partial charge is 0.218 e. The molecule has 0 radical (unpaired) electrons. The summed E-state index contributed by atoms with van der Waals surface area (Å²) in [5, 5.41) is 3.33. The number of nitrogens with zero attached hydrogens (tertiary/aromatic N) is 2. The van der Waals surface area contributed by atoms with E-state index in [1.54, 1.807) is 6.33 Å². The lowest BCUT2D eigenvalue weighted by Crippen LogP contribution is -2.05. The van der Waals surface area contributed by atoms with Crippen molar-refractivity contribution in [1.29, 1.82) is 0 Å². The van der Waals surface area contributed by atoms with Gasteiger partial charge in [0, 0.05) is 12.6 Å². The molecular formula is C16H29N3O. The highest BCUT2D eigenvalue weighted by Gasteiger charge is 1.99. The number of anilines is 1. The summed E-state index contributed by atoms with van der Waals surface area (Å²) in [5.41, 5.74) is 0. The highest BCUT2D eigenvalue weighted by molar-refractivity contribution is 5.36. The van der Waals surface area contributed by atoms with Crippen LogP contribution < -0.4 is 10.1 Å². The van der Waals surface area contributed by atoms with E-state index in [0.29, 0.717) is 12.5 Å². The first-order valence-electron chi connectivity index (χ1n) is 7.91. The summed E-state index contributed by atoms with van der Waals surface area (Å²) in [7, 11) is 0. The van der Waals surface area contributed by atoms with Crippen molar-refractivity contribution in [3.63, 3.8) is 0 Å². The highest BCUT2D eigenvalue weighted by Crippen LogP contribution is 2.12. The SMILES string of the molecule is CCCOc1cc(NCCCCCCC(C)C)ncn1. The van der Waals surface area contributed by atoms with Gasteiger partial charge in [0.25, 0.3) is 0 Å². The molecule has 0 aromatic carbocycles. The van der Waals surface area contributed by atoms with Gasteiger partial charge in [-0.2, -0.15) is 0 Å². The quantitative estimate of drug-likeness (QED) is 0.614. The molecular weight excluding hydrogens is 250 g/mol. The third-order valence-corrected chi connectivity index (χ3v) is 3.11. The second kappa shape index (κ2) is 10.5. The van der Waals surface area contributed by atoms with Crippen LogP contribution in [0.25, 0.3) is 0 Å².